The SMILES string of the molecule is OC(c1cccc(C(F)(F)F)c1)c1ccc(Cl)c(F)c1. The van der Waals surface area contributed by atoms with Crippen LogP contribution in [-0.4, -0.2) is 5.11 Å². The molecule has 1 N–H and O–H groups in total. The maximum absolute atomic E-state index is 13.3. The molecule has 1 nitrogen and oxygen atoms in total. The van der Waals surface area contributed by atoms with E-state index in [1.54, 1.807) is 0 Å². The molecule has 6 heteroatoms. The molecule has 0 saturated heterocycles. The van der Waals surface area contributed by atoms with Crippen molar-refractivity contribution in [1.29, 1.82) is 0 Å². The van der Waals surface area contributed by atoms with Crippen LogP contribution in [0.3, 0.4) is 0 Å². The molecule has 0 aliphatic rings. The average Bonchev–Trinajstić information content (AvgIpc) is 2.40. The first-order valence-corrected chi connectivity index (χ1v) is 5.97. The van der Waals surface area contributed by atoms with Crippen LogP contribution < -0.4 is 0 Å². The third kappa shape index (κ3) is 3.11. The summed E-state index contributed by atoms with van der Waals surface area (Å²) in [6, 6.07) is 7.85. The Hall–Kier alpha value is -1.59. The Morgan fingerprint density at radius 1 is 1.00 bits per heavy atom. The maximum atomic E-state index is 13.3. The highest BCUT2D eigenvalue weighted by atomic mass is 35.5. The van der Waals surface area contributed by atoms with Crippen LogP contribution in [0.25, 0.3) is 0 Å². The van der Waals surface area contributed by atoms with Gasteiger partial charge in [-0.15, -0.1) is 0 Å². The van der Waals surface area contributed by atoms with E-state index in [0.29, 0.717) is 0 Å². The van der Waals surface area contributed by atoms with Gasteiger partial charge in [-0.2, -0.15) is 13.2 Å². The zero-order valence-corrected chi connectivity index (χ0v) is 10.7. The first-order valence-electron chi connectivity index (χ1n) is 5.59. The lowest BCUT2D eigenvalue weighted by Crippen LogP contribution is -2.07. The lowest BCUT2D eigenvalue weighted by Gasteiger charge is -2.14. The topological polar surface area (TPSA) is 20.2 Å². The van der Waals surface area contributed by atoms with Crippen LogP contribution in [0.4, 0.5) is 17.6 Å². The van der Waals surface area contributed by atoms with Crippen molar-refractivity contribution in [2.24, 2.45) is 0 Å². The summed E-state index contributed by atoms with van der Waals surface area (Å²) in [5.41, 5.74) is -0.712. The highest BCUT2D eigenvalue weighted by Gasteiger charge is 2.31. The minimum Gasteiger partial charge on any atom is -0.384 e. The average molecular weight is 305 g/mol. The van der Waals surface area contributed by atoms with Crippen molar-refractivity contribution in [1.82, 2.24) is 0 Å². The fraction of sp³-hybridized carbons (Fsp3) is 0.143. The largest absolute Gasteiger partial charge is 0.416 e. The lowest BCUT2D eigenvalue weighted by molar-refractivity contribution is -0.137. The molecule has 0 heterocycles. The number of hydrogen-bond acceptors (Lipinski definition) is 1. The Bertz CT molecular complexity index is 625. The molecule has 106 valence electrons. The summed E-state index contributed by atoms with van der Waals surface area (Å²) in [6.45, 7) is 0. The minimum absolute atomic E-state index is 0.0292. The van der Waals surface area contributed by atoms with Gasteiger partial charge in [0.2, 0.25) is 0 Å². The number of aliphatic hydroxyl groups is 1. The van der Waals surface area contributed by atoms with Gasteiger partial charge in [-0.25, -0.2) is 4.39 Å². The molecule has 0 aliphatic carbocycles. The molecule has 1 atom stereocenters. The zero-order chi connectivity index (χ0) is 14.9. The summed E-state index contributed by atoms with van der Waals surface area (Å²) in [6.07, 6.45) is -5.86. The van der Waals surface area contributed by atoms with Gasteiger partial charge in [-0.3, -0.25) is 0 Å². The maximum Gasteiger partial charge on any atom is 0.416 e. The third-order valence-electron chi connectivity index (χ3n) is 2.79. The van der Waals surface area contributed by atoms with E-state index in [1.165, 1.54) is 24.3 Å². The quantitative estimate of drug-likeness (QED) is 0.805. The van der Waals surface area contributed by atoms with Gasteiger partial charge >= 0.3 is 6.18 Å². The Kier molecular flexibility index (Phi) is 4.01. The molecule has 20 heavy (non-hydrogen) atoms. The number of aliphatic hydroxyl groups excluding tert-OH is 1. The second-order valence-corrected chi connectivity index (χ2v) is 4.61. The molecule has 0 radical (unpaired) electrons. The fourth-order valence-electron chi connectivity index (χ4n) is 1.76. The Morgan fingerprint density at radius 2 is 1.65 bits per heavy atom. The van der Waals surface area contributed by atoms with Gasteiger partial charge in [0.25, 0.3) is 0 Å². The van der Waals surface area contributed by atoms with Gasteiger partial charge in [-0.05, 0) is 35.4 Å². The number of alkyl halides is 3. The van der Waals surface area contributed by atoms with Gasteiger partial charge in [0.1, 0.15) is 11.9 Å². The number of benzene rings is 2. The molecule has 0 spiro atoms. The minimum atomic E-state index is -4.50. The molecule has 0 amide bonds. The van der Waals surface area contributed by atoms with E-state index in [0.717, 1.165) is 18.2 Å². The number of hydrogen-bond donors (Lipinski definition) is 1. The molecule has 2 aromatic carbocycles. The Balaban J connectivity index is 2.38. The van der Waals surface area contributed by atoms with Crippen molar-refractivity contribution in [3.05, 3.63) is 70.0 Å². The normalized spacial score (nSPS) is 13.3. The summed E-state index contributed by atoms with van der Waals surface area (Å²) >= 11 is 5.51. The van der Waals surface area contributed by atoms with E-state index < -0.39 is 23.7 Å². The second-order valence-electron chi connectivity index (χ2n) is 4.20. The Morgan fingerprint density at radius 3 is 2.25 bits per heavy atom. The van der Waals surface area contributed by atoms with Crippen molar-refractivity contribution >= 4 is 11.6 Å². The van der Waals surface area contributed by atoms with Gasteiger partial charge in [0.05, 0.1) is 10.6 Å². The van der Waals surface area contributed by atoms with E-state index >= 15 is 0 Å². The van der Waals surface area contributed by atoms with Gasteiger partial charge < -0.3 is 5.11 Å². The van der Waals surface area contributed by atoms with E-state index in [-0.39, 0.29) is 16.1 Å². The van der Waals surface area contributed by atoms with Crippen LogP contribution in [0.5, 0.6) is 0 Å². The molecule has 1 unspecified atom stereocenters. The number of halogens is 5. The third-order valence-corrected chi connectivity index (χ3v) is 3.10. The highest BCUT2D eigenvalue weighted by Crippen LogP contribution is 2.32. The standard InChI is InChI=1S/C14H9ClF4O/c15-11-5-4-9(7-12(11)16)13(20)8-2-1-3-10(6-8)14(17,18)19/h1-7,13,20H. The summed E-state index contributed by atoms with van der Waals surface area (Å²) < 4.78 is 51.1. The van der Waals surface area contributed by atoms with Gasteiger partial charge in [0, 0.05) is 0 Å². The summed E-state index contributed by atoms with van der Waals surface area (Å²) in [7, 11) is 0. The summed E-state index contributed by atoms with van der Waals surface area (Å²) in [5, 5.41) is 9.90. The second kappa shape index (κ2) is 5.42. The molecule has 2 rings (SSSR count). The monoisotopic (exact) mass is 304 g/mol. The predicted octanol–water partition coefficient (Wildman–Crippen LogP) is 4.58. The van der Waals surface area contributed by atoms with Crippen LogP contribution in [0, 0.1) is 5.82 Å². The first-order chi connectivity index (χ1) is 9.29. The van der Waals surface area contributed by atoms with Crippen molar-refractivity contribution < 1.29 is 22.7 Å². The van der Waals surface area contributed by atoms with Gasteiger partial charge in [0.15, 0.2) is 0 Å². The van der Waals surface area contributed by atoms with Crippen LogP contribution in [0.1, 0.15) is 22.8 Å². The van der Waals surface area contributed by atoms with E-state index in [2.05, 4.69) is 0 Å². The van der Waals surface area contributed by atoms with Crippen LogP contribution >= 0.6 is 11.6 Å². The molecular formula is C14H9ClF4O. The summed E-state index contributed by atoms with van der Waals surface area (Å²) in [5.74, 6) is -0.741. The Labute approximate surface area is 117 Å². The highest BCUT2D eigenvalue weighted by molar-refractivity contribution is 6.30. The van der Waals surface area contributed by atoms with Crippen molar-refractivity contribution in [2.45, 2.75) is 12.3 Å². The molecule has 0 bridgehead atoms. The van der Waals surface area contributed by atoms with Crippen molar-refractivity contribution in [3.63, 3.8) is 0 Å². The smallest absolute Gasteiger partial charge is 0.384 e. The molecule has 2 aromatic rings. The van der Waals surface area contributed by atoms with E-state index in [9.17, 15) is 22.7 Å². The summed E-state index contributed by atoms with van der Waals surface area (Å²) in [4.78, 5) is 0. The molecule has 0 saturated carbocycles. The molecule has 0 fully saturated rings. The van der Waals surface area contributed by atoms with Crippen LogP contribution in [0.15, 0.2) is 42.5 Å². The number of rotatable bonds is 2. The van der Waals surface area contributed by atoms with Crippen LogP contribution in [-0.2, 0) is 6.18 Å². The lowest BCUT2D eigenvalue weighted by atomic mass is 9.99. The molecule has 0 aromatic heterocycles. The predicted molar refractivity (Wildman–Crippen MR) is 66.9 cm³/mol. The van der Waals surface area contributed by atoms with Crippen molar-refractivity contribution in [2.75, 3.05) is 0 Å². The fourth-order valence-corrected chi connectivity index (χ4v) is 1.88. The van der Waals surface area contributed by atoms with Crippen molar-refractivity contribution in [3.8, 4) is 0 Å². The molecule has 0 aliphatic heterocycles. The first kappa shape index (κ1) is 14.8. The molecular weight excluding hydrogens is 296 g/mol. The van der Waals surface area contributed by atoms with E-state index in [4.69, 9.17) is 11.6 Å². The zero-order valence-electron chi connectivity index (χ0n) is 9.96. The van der Waals surface area contributed by atoms with Gasteiger partial charge in [-0.1, -0.05) is 29.8 Å². The van der Waals surface area contributed by atoms with E-state index in [1.807, 2.05) is 0 Å². The van der Waals surface area contributed by atoms with Crippen LogP contribution in [0.2, 0.25) is 5.02 Å².